The lowest BCUT2D eigenvalue weighted by atomic mass is 9.85. The van der Waals surface area contributed by atoms with Crippen molar-refractivity contribution in [2.45, 2.75) is 40.0 Å². The van der Waals surface area contributed by atoms with Gasteiger partial charge in [0.25, 0.3) is 0 Å². The van der Waals surface area contributed by atoms with E-state index in [9.17, 15) is 4.79 Å². The molecule has 0 aliphatic carbocycles. The molecule has 0 aliphatic heterocycles. The molecule has 7 heteroatoms. The van der Waals surface area contributed by atoms with Gasteiger partial charge in [0.15, 0.2) is 5.96 Å². The van der Waals surface area contributed by atoms with Crippen LogP contribution in [0.25, 0.3) is 0 Å². The highest BCUT2D eigenvalue weighted by molar-refractivity contribution is 14.0. The van der Waals surface area contributed by atoms with Crippen molar-refractivity contribution in [2.75, 3.05) is 46.9 Å². The van der Waals surface area contributed by atoms with Crippen LogP contribution in [0.15, 0.2) is 29.3 Å². The minimum Gasteiger partial charge on any atom is -0.497 e. The molecule has 6 nitrogen and oxygen atoms in total. The Balaban J connectivity index is 0.00000729. The third-order valence-electron chi connectivity index (χ3n) is 4.68. The van der Waals surface area contributed by atoms with Crippen LogP contribution in [0, 0.1) is 0 Å². The molecule has 1 amide bonds. The normalized spacial score (nSPS) is 11.5. The number of methoxy groups -OCH3 is 1. The summed E-state index contributed by atoms with van der Waals surface area (Å²) in [7, 11) is 3.58. The van der Waals surface area contributed by atoms with Gasteiger partial charge < -0.3 is 19.9 Å². The maximum absolute atomic E-state index is 12.4. The molecule has 0 radical (unpaired) electrons. The highest BCUT2D eigenvalue weighted by Crippen LogP contribution is 2.25. The van der Waals surface area contributed by atoms with E-state index in [2.05, 4.69) is 31.3 Å². The molecule has 1 aromatic rings. The van der Waals surface area contributed by atoms with Gasteiger partial charge in [-0.2, -0.15) is 0 Å². The molecule has 0 saturated heterocycles. The summed E-state index contributed by atoms with van der Waals surface area (Å²) in [6, 6.07) is 8.10. The highest BCUT2D eigenvalue weighted by atomic mass is 127. The average molecular weight is 504 g/mol. The maximum Gasteiger partial charge on any atom is 0.242 e. The SMILES string of the molecule is CCNC(=NCC(C)(C)c1ccc(OC)cc1)N(C)CC(=O)N(CC)CC.I. The van der Waals surface area contributed by atoms with E-state index < -0.39 is 0 Å². The molecule has 28 heavy (non-hydrogen) atoms. The number of nitrogens with zero attached hydrogens (tertiary/aromatic N) is 3. The van der Waals surface area contributed by atoms with Crippen LogP contribution in [0.4, 0.5) is 0 Å². The molecule has 0 atom stereocenters. The predicted molar refractivity (Wildman–Crippen MR) is 128 cm³/mol. The van der Waals surface area contributed by atoms with Gasteiger partial charge in [-0.1, -0.05) is 26.0 Å². The number of hydrogen-bond donors (Lipinski definition) is 1. The highest BCUT2D eigenvalue weighted by Gasteiger charge is 2.22. The summed E-state index contributed by atoms with van der Waals surface area (Å²) in [6.45, 7) is 13.5. The zero-order valence-electron chi connectivity index (χ0n) is 18.4. The summed E-state index contributed by atoms with van der Waals surface area (Å²) in [5.41, 5.74) is 1.07. The Labute approximate surface area is 187 Å². The van der Waals surface area contributed by atoms with Crippen molar-refractivity contribution >= 4 is 35.8 Å². The van der Waals surface area contributed by atoms with E-state index in [-0.39, 0.29) is 35.3 Å². The molecule has 0 aliphatic rings. The first-order valence-corrected chi connectivity index (χ1v) is 9.70. The number of halogens is 1. The second-order valence-electron chi connectivity index (χ2n) is 7.20. The number of hydrogen-bond acceptors (Lipinski definition) is 3. The van der Waals surface area contributed by atoms with Crippen molar-refractivity contribution in [2.24, 2.45) is 4.99 Å². The predicted octanol–water partition coefficient (Wildman–Crippen LogP) is 3.36. The molecule has 0 fully saturated rings. The lowest BCUT2D eigenvalue weighted by molar-refractivity contribution is -0.131. The Morgan fingerprint density at radius 3 is 2.18 bits per heavy atom. The van der Waals surface area contributed by atoms with E-state index in [0.29, 0.717) is 13.1 Å². The Morgan fingerprint density at radius 2 is 1.71 bits per heavy atom. The Morgan fingerprint density at radius 1 is 1.14 bits per heavy atom. The van der Waals surface area contributed by atoms with Gasteiger partial charge in [-0.3, -0.25) is 9.79 Å². The van der Waals surface area contributed by atoms with Gasteiger partial charge >= 0.3 is 0 Å². The van der Waals surface area contributed by atoms with Gasteiger partial charge in [0.2, 0.25) is 5.91 Å². The molecule has 1 rings (SSSR count). The number of likely N-dealkylation sites (N-methyl/N-ethyl adjacent to an activating group) is 2. The molecule has 160 valence electrons. The standard InChI is InChI=1S/C21H36N4O2.HI/c1-8-22-20(24(6)15-19(26)25(9-2)10-3)23-16-21(4,5)17-11-13-18(27-7)14-12-17;/h11-14H,8-10,15-16H2,1-7H3,(H,22,23);1H. The monoisotopic (exact) mass is 504 g/mol. The lowest BCUT2D eigenvalue weighted by Crippen LogP contribution is -2.46. The fraction of sp³-hybridized carbons (Fsp3) is 0.619. The summed E-state index contributed by atoms with van der Waals surface area (Å²) in [4.78, 5) is 20.9. The third kappa shape index (κ3) is 7.85. The van der Waals surface area contributed by atoms with Crippen LogP contribution in [0.3, 0.4) is 0 Å². The van der Waals surface area contributed by atoms with Crippen molar-refractivity contribution < 1.29 is 9.53 Å². The van der Waals surface area contributed by atoms with Crippen molar-refractivity contribution in [1.29, 1.82) is 0 Å². The average Bonchev–Trinajstić information content (AvgIpc) is 2.66. The van der Waals surface area contributed by atoms with Crippen molar-refractivity contribution in [3.05, 3.63) is 29.8 Å². The summed E-state index contributed by atoms with van der Waals surface area (Å²) in [5.74, 6) is 1.71. The van der Waals surface area contributed by atoms with E-state index in [1.807, 2.05) is 49.8 Å². The van der Waals surface area contributed by atoms with Gasteiger partial charge in [0.1, 0.15) is 5.75 Å². The minimum atomic E-state index is -0.128. The molecule has 0 spiro atoms. The molecule has 0 aromatic heterocycles. The first-order valence-electron chi connectivity index (χ1n) is 9.70. The Hall–Kier alpha value is -1.51. The van der Waals surface area contributed by atoms with Crippen LogP contribution < -0.4 is 10.1 Å². The number of nitrogens with one attached hydrogen (secondary N) is 1. The first-order chi connectivity index (χ1) is 12.8. The lowest BCUT2D eigenvalue weighted by Gasteiger charge is -2.28. The van der Waals surface area contributed by atoms with Crippen LogP contribution in [0.2, 0.25) is 0 Å². The molecule has 1 aromatic carbocycles. The van der Waals surface area contributed by atoms with E-state index in [1.54, 1.807) is 7.11 Å². The minimum absolute atomic E-state index is 0. The number of amides is 1. The summed E-state index contributed by atoms with van der Waals surface area (Å²) in [6.07, 6.45) is 0. The number of aliphatic imine (C=N–C) groups is 1. The van der Waals surface area contributed by atoms with E-state index in [1.165, 1.54) is 5.56 Å². The van der Waals surface area contributed by atoms with Crippen LogP contribution in [-0.2, 0) is 10.2 Å². The largest absolute Gasteiger partial charge is 0.497 e. The topological polar surface area (TPSA) is 57.2 Å². The second kappa shape index (κ2) is 12.9. The molecule has 0 unspecified atom stereocenters. The number of benzene rings is 1. The summed E-state index contributed by atoms with van der Waals surface area (Å²) < 4.78 is 5.24. The summed E-state index contributed by atoms with van der Waals surface area (Å²) >= 11 is 0. The van der Waals surface area contributed by atoms with Crippen molar-refractivity contribution in [3.8, 4) is 5.75 Å². The van der Waals surface area contributed by atoms with Crippen LogP contribution in [-0.4, -0.2) is 68.5 Å². The van der Waals surface area contributed by atoms with Gasteiger partial charge in [-0.05, 0) is 38.5 Å². The third-order valence-corrected chi connectivity index (χ3v) is 4.68. The fourth-order valence-electron chi connectivity index (χ4n) is 2.83. The number of ether oxygens (including phenoxy) is 1. The number of guanidine groups is 1. The first kappa shape index (κ1) is 26.5. The summed E-state index contributed by atoms with van der Waals surface area (Å²) in [5, 5.41) is 3.29. The van der Waals surface area contributed by atoms with E-state index in [0.717, 1.165) is 31.3 Å². The smallest absolute Gasteiger partial charge is 0.242 e. The van der Waals surface area contributed by atoms with Crippen LogP contribution in [0.1, 0.15) is 40.2 Å². The quantitative estimate of drug-likeness (QED) is 0.319. The number of carbonyl (C=O) groups is 1. The maximum atomic E-state index is 12.4. The number of carbonyl (C=O) groups excluding carboxylic acids is 1. The molecule has 0 heterocycles. The zero-order valence-corrected chi connectivity index (χ0v) is 20.7. The van der Waals surface area contributed by atoms with Gasteiger partial charge in [-0.25, -0.2) is 0 Å². The van der Waals surface area contributed by atoms with E-state index >= 15 is 0 Å². The van der Waals surface area contributed by atoms with Crippen molar-refractivity contribution in [3.63, 3.8) is 0 Å². The molecule has 0 bridgehead atoms. The van der Waals surface area contributed by atoms with Gasteiger partial charge in [0.05, 0.1) is 20.2 Å². The molecular weight excluding hydrogens is 467 g/mol. The number of rotatable bonds is 9. The van der Waals surface area contributed by atoms with Gasteiger partial charge in [0, 0.05) is 32.1 Å². The molecule has 0 saturated carbocycles. The van der Waals surface area contributed by atoms with Gasteiger partial charge in [-0.15, -0.1) is 24.0 Å². The Kier molecular flexibility index (Phi) is 12.2. The van der Waals surface area contributed by atoms with Crippen molar-refractivity contribution in [1.82, 2.24) is 15.1 Å². The zero-order chi connectivity index (χ0) is 20.4. The van der Waals surface area contributed by atoms with Crippen LogP contribution >= 0.6 is 24.0 Å². The fourth-order valence-corrected chi connectivity index (χ4v) is 2.83. The second-order valence-corrected chi connectivity index (χ2v) is 7.20. The van der Waals surface area contributed by atoms with E-state index in [4.69, 9.17) is 9.73 Å². The molecule has 1 N–H and O–H groups in total. The van der Waals surface area contributed by atoms with Crippen LogP contribution in [0.5, 0.6) is 5.75 Å². The Bertz CT molecular complexity index is 613. The molecular formula is C21H37IN4O2.